The van der Waals surface area contributed by atoms with Crippen LogP contribution in [0.25, 0.3) is 10.1 Å². The quantitative estimate of drug-likeness (QED) is 0.764. The lowest BCUT2D eigenvalue weighted by Gasteiger charge is -2.23. The number of benzene rings is 1. The van der Waals surface area contributed by atoms with Crippen LogP contribution in [0.15, 0.2) is 35.9 Å². The monoisotopic (exact) mass is 289 g/mol. The fourth-order valence-corrected chi connectivity index (χ4v) is 4.08. The van der Waals surface area contributed by atoms with Gasteiger partial charge in [0.05, 0.1) is 6.04 Å². The highest BCUT2D eigenvalue weighted by Crippen LogP contribution is 2.36. The highest BCUT2D eigenvalue weighted by atomic mass is 32.1. The zero-order valence-electron chi connectivity index (χ0n) is 11.8. The lowest BCUT2D eigenvalue weighted by molar-refractivity contribution is 0.570. The van der Waals surface area contributed by atoms with Crippen molar-refractivity contribution >= 4 is 21.4 Å². The van der Waals surface area contributed by atoms with Crippen molar-refractivity contribution < 1.29 is 4.39 Å². The minimum absolute atomic E-state index is 0.154. The molecule has 106 valence electrons. The fraction of sp³-hybridized carbons (Fsp3) is 0.412. The van der Waals surface area contributed by atoms with E-state index in [1.165, 1.54) is 40.8 Å². The normalized spacial score (nSPS) is 17.2. The first-order valence-corrected chi connectivity index (χ1v) is 8.21. The van der Waals surface area contributed by atoms with Gasteiger partial charge in [0.2, 0.25) is 0 Å². The van der Waals surface area contributed by atoms with Gasteiger partial charge in [-0.25, -0.2) is 4.39 Å². The Morgan fingerprint density at radius 2 is 2.20 bits per heavy atom. The van der Waals surface area contributed by atoms with Gasteiger partial charge in [0.15, 0.2) is 0 Å². The lowest BCUT2D eigenvalue weighted by atomic mass is 9.93. The molecule has 0 amide bonds. The Labute approximate surface area is 123 Å². The Bertz CT molecular complexity index is 629. The maximum atomic E-state index is 13.3. The minimum Gasteiger partial charge on any atom is -0.306 e. The number of allylic oxidation sites excluding steroid dienone is 1. The zero-order chi connectivity index (χ0) is 13.9. The topological polar surface area (TPSA) is 12.0 Å². The lowest BCUT2D eigenvalue weighted by Crippen LogP contribution is -2.22. The molecular weight excluding hydrogens is 269 g/mol. The van der Waals surface area contributed by atoms with Crippen LogP contribution in [0.2, 0.25) is 0 Å². The van der Waals surface area contributed by atoms with Crippen molar-refractivity contribution in [1.82, 2.24) is 5.32 Å². The average molecular weight is 289 g/mol. The number of hydrogen-bond donors (Lipinski definition) is 1. The molecule has 0 bridgehead atoms. The molecule has 1 N–H and O–H groups in total. The van der Waals surface area contributed by atoms with E-state index >= 15 is 0 Å². The van der Waals surface area contributed by atoms with Crippen molar-refractivity contribution in [2.24, 2.45) is 0 Å². The molecule has 1 nitrogen and oxygen atoms in total. The third kappa shape index (κ3) is 2.79. The van der Waals surface area contributed by atoms with Crippen LogP contribution in [0.1, 0.15) is 43.5 Å². The SMILES string of the molecule is CCNC(C1=CCCCC1)c1cc2cc(F)ccc2s1. The largest absolute Gasteiger partial charge is 0.306 e. The molecule has 1 unspecified atom stereocenters. The molecule has 0 spiro atoms. The van der Waals surface area contributed by atoms with E-state index in [1.807, 2.05) is 6.07 Å². The van der Waals surface area contributed by atoms with Crippen molar-refractivity contribution in [3.05, 3.63) is 46.6 Å². The van der Waals surface area contributed by atoms with Gasteiger partial charge in [-0.2, -0.15) is 0 Å². The molecule has 3 heteroatoms. The van der Waals surface area contributed by atoms with E-state index in [0.29, 0.717) is 6.04 Å². The Morgan fingerprint density at radius 3 is 2.95 bits per heavy atom. The van der Waals surface area contributed by atoms with Crippen molar-refractivity contribution in [2.75, 3.05) is 6.54 Å². The molecule has 0 radical (unpaired) electrons. The molecule has 1 atom stereocenters. The average Bonchev–Trinajstić information content (AvgIpc) is 2.88. The smallest absolute Gasteiger partial charge is 0.123 e. The molecule has 1 aromatic carbocycles. The zero-order valence-corrected chi connectivity index (χ0v) is 12.6. The summed E-state index contributed by atoms with van der Waals surface area (Å²) in [6, 6.07) is 7.52. The van der Waals surface area contributed by atoms with Crippen LogP contribution < -0.4 is 5.32 Å². The van der Waals surface area contributed by atoms with Gasteiger partial charge < -0.3 is 5.32 Å². The minimum atomic E-state index is -0.154. The van der Waals surface area contributed by atoms with Gasteiger partial charge in [0.25, 0.3) is 0 Å². The molecule has 0 fully saturated rings. The summed E-state index contributed by atoms with van der Waals surface area (Å²) in [6.07, 6.45) is 7.35. The van der Waals surface area contributed by atoms with E-state index in [0.717, 1.165) is 11.9 Å². The second-order valence-corrected chi connectivity index (χ2v) is 6.46. The molecule has 0 saturated heterocycles. The molecule has 0 aliphatic heterocycles. The third-order valence-electron chi connectivity index (χ3n) is 3.89. The van der Waals surface area contributed by atoms with Gasteiger partial charge in [-0.15, -0.1) is 11.3 Å². The first-order chi connectivity index (χ1) is 9.78. The first kappa shape index (κ1) is 13.8. The molecule has 3 rings (SSSR count). The third-order valence-corrected chi connectivity index (χ3v) is 5.07. The molecule has 1 aliphatic rings. The number of hydrogen-bond acceptors (Lipinski definition) is 2. The number of nitrogens with one attached hydrogen (secondary N) is 1. The van der Waals surface area contributed by atoms with Crippen LogP contribution >= 0.6 is 11.3 Å². The van der Waals surface area contributed by atoms with E-state index < -0.39 is 0 Å². The van der Waals surface area contributed by atoms with Gasteiger partial charge in [0, 0.05) is 9.58 Å². The van der Waals surface area contributed by atoms with Gasteiger partial charge in [0.1, 0.15) is 5.82 Å². The van der Waals surface area contributed by atoms with Gasteiger partial charge in [-0.05, 0) is 61.9 Å². The van der Waals surface area contributed by atoms with Crippen molar-refractivity contribution in [1.29, 1.82) is 0 Å². The molecule has 20 heavy (non-hydrogen) atoms. The molecule has 0 saturated carbocycles. The predicted octanol–water partition coefficient (Wildman–Crippen LogP) is 5.19. The molecule has 1 aromatic heterocycles. The van der Waals surface area contributed by atoms with Crippen LogP contribution in [-0.2, 0) is 0 Å². The second kappa shape index (κ2) is 6.06. The van der Waals surface area contributed by atoms with Crippen LogP contribution in [0.3, 0.4) is 0 Å². The van der Waals surface area contributed by atoms with Crippen LogP contribution in [0.5, 0.6) is 0 Å². The van der Waals surface area contributed by atoms with E-state index in [9.17, 15) is 4.39 Å². The Kier molecular flexibility index (Phi) is 4.18. The number of fused-ring (bicyclic) bond motifs is 1. The van der Waals surface area contributed by atoms with E-state index in [2.05, 4.69) is 24.4 Å². The molecule has 1 heterocycles. The summed E-state index contributed by atoms with van der Waals surface area (Å²) in [5.41, 5.74) is 1.50. The van der Waals surface area contributed by atoms with Gasteiger partial charge in [-0.3, -0.25) is 0 Å². The maximum absolute atomic E-state index is 13.3. The number of thiophene rings is 1. The Balaban J connectivity index is 1.98. The maximum Gasteiger partial charge on any atom is 0.123 e. The van der Waals surface area contributed by atoms with Crippen molar-refractivity contribution in [2.45, 2.75) is 38.6 Å². The molecule has 2 aromatic rings. The number of rotatable bonds is 4. The predicted molar refractivity (Wildman–Crippen MR) is 84.8 cm³/mol. The second-order valence-electron chi connectivity index (χ2n) is 5.35. The summed E-state index contributed by atoms with van der Waals surface area (Å²) in [5.74, 6) is -0.154. The summed E-state index contributed by atoms with van der Waals surface area (Å²) in [5, 5.41) is 4.61. The van der Waals surface area contributed by atoms with Gasteiger partial charge >= 0.3 is 0 Å². The Hall–Kier alpha value is -1.19. The molecule has 1 aliphatic carbocycles. The van der Waals surface area contributed by atoms with E-state index in [4.69, 9.17) is 0 Å². The summed E-state index contributed by atoms with van der Waals surface area (Å²) in [6.45, 7) is 3.09. The Morgan fingerprint density at radius 1 is 1.30 bits per heavy atom. The van der Waals surface area contributed by atoms with Crippen LogP contribution in [0, 0.1) is 5.82 Å². The number of halogens is 1. The highest BCUT2D eigenvalue weighted by Gasteiger charge is 2.19. The fourth-order valence-electron chi connectivity index (χ4n) is 2.92. The molecular formula is C17H20FNS. The number of likely N-dealkylation sites (N-methyl/N-ethyl adjacent to an activating group) is 1. The summed E-state index contributed by atoms with van der Waals surface area (Å²) in [4.78, 5) is 1.31. The summed E-state index contributed by atoms with van der Waals surface area (Å²) >= 11 is 1.78. The van der Waals surface area contributed by atoms with Crippen molar-refractivity contribution in [3.63, 3.8) is 0 Å². The van der Waals surface area contributed by atoms with E-state index in [-0.39, 0.29) is 5.82 Å². The van der Waals surface area contributed by atoms with Crippen molar-refractivity contribution in [3.8, 4) is 0 Å². The van der Waals surface area contributed by atoms with Gasteiger partial charge in [-0.1, -0.05) is 18.6 Å². The summed E-state index contributed by atoms with van der Waals surface area (Å²) < 4.78 is 14.5. The first-order valence-electron chi connectivity index (χ1n) is 7.39. The summed E-state index contributed by atoms with van der Waals surface area (Å²) in [7, 11) is 0. The van der Waals surface area contributed by atoms with Crippen LogP contribution in [-0.4, -0.2) is 6.54 Å². The highest BCUT2D eigenvalue weighted by molar-refractivity contribution is 7.19. The standard InChI is InChI=1S/C17H20FNS/c1-2-19-17(12-6-4-3-5-7-12)16-11-13-10-14(18)8-9-15(13)20-16/h6,8-11,17,19H,2-5,7H2,1H3. The van der Waals surface area contributed by atoms with E-state index in [1.54, 1.807) is 23.5 Å². The van der Waals surface area contributed by atoms with Crippen LogP contribution in [0.4, 0.5) is 4.39 Å².